The molecule has 4 aromatic carbocycles. The zero-order valence-electron chi connectivity index (χ0n) is 27.6. The third-order valence-corrected chi connectivity index (χ3v) is 13.9. The van der Waals surface area contributed by atoms with Crippen LogP contribution >= 0.6 is 30.4 Å². The molecule has 0 saturated carbocycles. The summed E-state index contributed by atoms with van der Waals surface area (Å²) >= 11 is 0. The normalized spacial score (nSPS) is 12.3. The Morgan fingerprint density at radius 2 is 0.431 bits per heavy atom. The predicted octanol–water partition coefficient (Wildman–Crippen LogP) is -6.12. The van der Waals surface area contributed by atoms with Gasteiger partial charge in [0.15, 0.2) is 0 Å². The molecular formula is C24H20O24P4S4Zr2. The van der Waals surface area contributed by atoms with Crippen LogP contribution in [0.4, 0.5) is 0 Å². The van der Waals surface area contributed by atoms with Crippen LogP contribution < -0.4 is 60.4 Å². The molecule has 0 spiro atoms. The third-order valence-electron chi connectivity index (χ3n) is 5.75. The van der Waals surface area contributed by atoms with Gasteiger partial charge in [0.2, 0.25) is 0 Å². The Morgan fingerprint density at radius 3 is 0.517 bits per heavy atom. The second kappa shape index (κ2) is 22.3. The zero-order valence-corrected chi connectivity index (χ0v) is 39.4. The van der Waals surface area contributed by atoms with E-state index < -0.39 is 112 Å². The first kappa shape index (κ1) is 59.0. The quantitative estimate of drug-likeness (QED) is 0.0942. The molecular weight excluding hydrogens is 1110 g/mol. The Labute approximate surface area is 367 Å². The number of rotatable bonds is 8. The van der Waals surface area contributed by atoms with E-state index in [1.54, 1.807) is 0 Å². The van der Waals surface area contributed by atoms with Crippen molar-refractivity contribution in [2.75, 3.05) is 0 Å². The standard InChI is InChI=1S/4C6H7O6PS.2Zr/c4*7-13(8,9)5-3-1-2-4-6(5)14(10,11)12;;/h4*1-4H,(H2,7,8,9)(H,10,11,12);;/q;;;;2*+4/p-8. The van der Waals surface area contributed by atoms with Crippen molar-refractivity contribution in [3.63, 3.8) is 0 Å². The molecule has 0 aliphatic heterocycles. The molecule has 24 nitrogen and oxygen atoms in total. The van der Waals surface area contributed by atoms with E-state index in [0.717, 1.165) is 48.5 Å². The minimum atomic E-state index is -5.19. The molecule has 0 aromatic heterocycles. The van der Waals surface area contributed by atoms with Gasteiger partial charge < -0.3 is 57.4 Å². The van der Waals surface area contributed by atoms with Crippen LogP contribution in [0, 0.1) is 0 Å². The predicted molar refractivity (Wildman–Crippen MR) is 174 cm³/mol. The van der Waals surface area contributed by atoms with E-state index in [9.17, 15) is 91.1 Å². The molecule has 0 heterocycles. The maximum Gasteiger partial charge on any atom is 4.00 e. The zero-order chi connectivity index (χ0) is 43.9. The molecule has 58 heavy (non-hydrogen) atoms. The Hall–Kier alpha value is -1.11. The smallest absolute Gasteiger partial charge is 0.807 e. The first-order valence-electron chi connectivity index (χ1n) is 13.3. The molecule has 0 atom stereocenters. The van der Waals surface area contributed by atoms with Crippen LogP contribution in [-0.2, 0) is 111 Å². The van der Waals surface area contributed by atoms with Gasteiger partial charge in [-0.15, -0.1) is 0 Å². The number of benzene rings is 4. The summed E-state index contributed by atoms with van der Waals surface area (Å²) in [6.07, 6.45) is 0. The fourth-order valence-corrected chi connectivity index (χ4v) is 11.1. The summed E-state index contributed by atoms with van der Waals surface area (Å²) in [5.74, 6) is 0. The van der Waals surface area contributed by atoms with Gasteiger partial charge in [0.1, 0.15) is 19.6 Å². The molecule has 0 radical (unpaired) electrons. The molecule has 0 bridgehead atoms. The molecule has 0 saturated heterocycles. The molecule has 4 N–H and O–H groups in total. The van der Waals surface area contributed by atoms with Crippen molar-refractivity contribution >= 4 is 92.1 Å². The first-order valence-corrected chi connectivity index (χ1v) is 25.2. The van der Waals surface area contributed by atoms with Gasteiger partial charge in [-0.1, -0.05) is 72.8 Å². The molecule has 4 rings (SSSR count). The van der Waals surface area contributed by atoms with Crippen LogP contribution in [0.1, 0.15) is 0 Å². The van der Waals surface area contributed by atoms with Crippen LogP contribution in [0.5, 0.6) is 0 Å². The second-order valence-electron chi connectivity index (χ2n) is 9.76. The molecule has 0 aliphatic rings. The summed E-state index contributed by atoms with van der Waals surface area (Å²) in [5, 5.41) is -3.71. The maximum atomic E-state index is 10.7. The van der Waals surface area contributed by atoms with E-state index in [-0.39, 0.29) is 52.4 Å². The Bertz CT molecular complexity index is 2330. The van der Waals surface area contributed by atoms with Gasteiger partial charge in [-0.3, -0.25) is 18.2 Å². The number of hydrogen-bond donors (Lipinski definition) is 4. The molecule has 34 heteroatoms. The van der Waals surface area contributed by atoms with Crippen molar-refractivity contribution in [3.8, 4) is 0 Å². The summed E-state index contributed by atoms with van der Waals surface area (Å²) in [6.45, 7) is 0. The molecule has 0 amide bonds. The van der Waals surface area contributed by atoms with E-state index in [1.807, 2.05) is 0 Å². The van der Waals surface area contributed by atoms with Crippen molar-refractivity contribution in [2.24, 2.45) is 0 Å². The SMILES string of the molecule is O=P([O-])([O-])c1ccccc1S(=O)(=O)O.O=P([O-])([O-])c1ccccc1S(=O)(=O)O.O=P([O-])([O-])c1ccccc1S(=O)(=O)O.O=P([O-])([O-])c1ccccc1S(=O)(=O)O.[Zr+4].[Zr+4]. The third kappa shape index (κ3) is 19.3. The van der Waals surface area contributed by atoms with E-state index in [0.29, 0.717) is 0 Å². The maximum absolute atomic E-state index is 10.7. The van der Waals surface area contributed by atoms with Gasteiger partial charge in [0.05, 0.1) is 0 Å². The minimum Gasteiger partial charge on any atom is -0.807 e. The summed E-state index contributed by atoms with van der Waals surface area (Å²) in [4.78, 5) is 81.2. The summed E-state index contributed by atoms with van der Waals surface area (Å²) < 4.78 is 162. The van der Waals surface area contributed by atoms with Crippen LogP contribution in [0.3, 0.4) is 0 Å². The Kier molecular flexibility index (Phi) is 22.7. The monoisotopic (exact) mass is 1120 g/mol. The van der Waals surface area contributed by atoms with Crippen molar-refractivity contribution in [2.45, 2.75) is 19.6 Å². The fraction of sp³-hybridized carbons (Fsp3) is 0. The van der Waals surface area contributed by atoms with Gasteiger partial charge in [0.25, 0.3) is 40.5 Å². The van der Waals surface area contributed by atoms with E-state index in [4.69, 9.17) is 18.2 Å². The van der Waals surface area contributed by atoms with Gasteiger partial charge in [0, 0.05) is 21.2 Å². The fourth-order valence-electron chi connectivity index (χ4n) is 3.61. The summed E-state index contributed by atoms with van der Waals surface area (Å²) in [5.41, 5.74) is 0. The minimum absolute atomic E-state index is 0. The first-order chi connectivity index (χ1) is 24.9. The van der Waals surface area contributed by atoms with Gasteiger partial charge >= 0.3 is 52.4 Å². The van der Waals surface area contributed by atoms with Crippen LogP contribution in [0.25, 0.3) is 0 Å². The average molecular weight is 1130 g/mol. The van der Waals surface area contributed by atoms with Crippen molar-refractivity contribution in [3.05, 3.63) is 97.1 Å². The van der Waals surface area contributed by atoms with Crippen molar-refractivity contribution in [1.82, 2.24) is 0 Å². The Morgan fingerprint density at radius 1 is 0.310 bits per heavy atom. The Balaban J connectivity index is 0. The van der Waals surface area contributed by atoms with E-state index >= 15 is 0 Å². The topological polar surface area (TPSA) is 470 Å². The molecule has 0 unspecified atom stereocenters. The van der Waals surface area contributed by atoms with E-state index in [1.165, 1.54) is 48.5 Å². The molecule has 312 valence electrons. The van der Waals surface area contributed by atoms with Crippen LogP contribution in [0.15, 0.2) is 117 Å². The molecule has 0 fully saturated rings. The van der Waals surface area contributed by atoms with Crippen LogP contribution in [0.2, 0.25) is 0 Å². The van der Waals surface area contributed by atoms with Gasteiger partial charge in [-0.05, 0) is 54.6 Å². The average Bonchev–Trinajstić information content (AvgIpc) is 3.03. The van der Waals surface area contributed by atoms with Gasteiger partial charge in [-0.2, -0.15) is 33.7 Å². The van der Waals surface area contributed by atoms with Crippen LogP contribution in [-0.4, -0.2) is 51.9 Å². The molecule has 4 aromatic rings. The summed E-state index contributed by atoms with van der Waals surface area (Å²) in [6, 6.07) is 16.2. The molecule has 0 aliphatic carbocycles. The largest absolute Gasteiger partial charge is 4.00 e. The number of hydrogen-bond acceptors (Lipinski definition) is 20. The van der Waals surface area contributed by atoms with E-state index in [2.05, 4.69) is 0 Å². The summed E-state index contributed by atoms with van der Waals surface area (Å²) in [7, 11) is -39.5. The second-order valence-corrected chi connectivity index (χ2v) is 21.2. The van der Waals surface area contributed by atoms with Crippen molar-refractivity contribution < 1.29 is 162 Å². The van der Waals surface area contributed by atoms with Gasteiger partial charge in [-0.25, -0.2) is 0 Å². The van der Waals surface area contributed by atoms with Crippen molar-refractivity contribution in [1.29, 1.82) is 0 Å².